The minimum absolute atomic E-state index is 0.0315. The lowest BCUT2D eigenvalue weighted by molar-refractivity contribution is -0.140. The number of hydrogen-bond acceptors (Lipinski definition) is 5. The standard InChI is InChI=1S/C20H24F5N7O/c21-15(22)9-28-8-13(18(26)27)19(33)30-12-6-4-11(5-7-12)29-16-2-1-3-17-31-14(10-32(16)17)20(23,24)25/h1-3,8,10-12,15,28-29H,4-7,9H2,(H3,26,27)(H,30,33)/b13-8+. The van der Waals surface area contributed by atoms with Gasteiger partial charge in [0.1, 0.15) is 17.3 Å². The summed E-state index contributed by atoms with van der Waals surface area (Å²) < 4.78 is 64.8. The number of fused-ring (bicyclic) bond motifs is 1. The number of halogens is 5. The van der Waals surface area contributed by atoms with E-state index in [-0.39, 0.29) is 23.3 Å². The second-order valence-corrected chi connectivity index (χ2v) is 7.70. The number of alkyl halides is 5. The zero-order chi connectivity index (χ0) is 24.2. The van der Waals surface area contributed by atoms with Crippen LogP contribution in [0.25, 0.3) is 5.65 Å². The predicted octanol–water partition coefficient (Wildman–Crippen LogP) is 2.87. The molecule has 0 radical (unpaired) electrons. The van der Waals surface area contributed by atoms with Crippen LogP contribution in [0.3, 0.4) is 0 Å². The molecule has 2 aromatic rings. The fraction of sp³-hybridized carbons (Fsp3) is 0.450. The van der Waals surface area contributed by atoms with E-state index >= 15 is 0 Å². The molecule has 0 atom stereocenters. The summed E-state index contributed by atoms with van der Waals surface area (Å²) in [7, 11) is 0. The number of aromatic nitrogens is 2. The Hall–Kier alpha value is -3.38. The summed E-state index contributed by atoms with van der Waals surface area (Å²) in [6, 6.07) is 4.53. The minimum Gasteiger partial charge on any atom is -0.384 e. The van der Waals surface area contributed by atoms with Crippen molar-refractivity contribution in [2.24, 2.45) is 5.73 Å². The van der Waals surface area contributed by atoms with Crippen LogP contribution in [-0.2, 0) is 11.0 Å². The van der Waals surface area contributed by atoms with Crippen LogP contribution in [0.1, 0.15) is 31.4 Å². The van der Waals surface area contributed by atoms with Crippen LogP contribution in [0.2, 0.25) is 0 Å². The summed E-state index contributed by atoms with van der Waals surface area (Å²) in [6.45, 7) is -0.672. The molecule has 0 spiro atoms. The smallest absolute Gasteiger partial charge is 0.384 e. The van der Waals surface area contributed by atoms with Crippen LogP contribution in [0.5, 0.6) is 0 Å². The SMILES string of the molecule is N=C(N)/C(=C\NCC(F)F)C(=O)NC1CCC(Nc2cccc3nc(C(F)(F)F)cn23)CC1. The molecule has 2 heterocycles. The van der Waals surface area contributed by atoms with Crippen molar-refractivity contribution in [2.45, 2.75) is 50.4 Å². The number of carbonyl (C=O) groups is 1. The molecule has 0 aromatic carbocycles. The second-order valence-electron chi connectivity index (χ2n) is 7.70. The molecule has 0 saturated heterocycles. The molecule has 33 heavy (non-hydrogen) atoms. The number of carbonyl (C=O) groups excluding carboxylic acids is 1. The van der Waals surface area contributed by atoms with Crippen molar-refractivity contribution in [2.75, 3.05) is 11.9 Å². The summed E-state index contributed by atoms with van der Waals surface area (Å²) in [5.74, 6) is -0.699. The maximum atomic E-state index is 13.0. The number of nitrogens with two attached hydrogens (primary N) is 1. The quantitative estimate of drug-likeness (QED) is 0.175. The molecule has 8 nitrogen and oxygen atoms in total. The van der Waals surface area contributed by atoms with E-state index in [4.69, 9.17) is 11.1 Å². The number of amides is 1. The fourth-order valence-electron chi connectivity index (χ4n) is 3.64. The van der Waals surface area contributed by atoms with Crippen LogP contribution >= 0.6 is 0 Å². The molecule has 1 fully saturated rings. The van der Waals surface area contributed by atoms with E-state index in [0.717, 1.165) is 12.4 Å². The van der Waals surface area contributed by atoms with Gasteiger partial charge < -0.3 is 21.7 Å². The summed E-state index contributed by atoms with van der Waals surface area (Å²) in [4.78, 5) is 16.0. The maximum absolute atomic E-state index is 13.0. The Bertz CT molecular complexity index is 1030. The molecule has 1 aliphatic carbocycles. The first-order valence-corrected chi connectivity index (χ1v) is 10.2. The third-order valence-corrected chi connectivity index (χ3v) is 5.25. The molecule has 0 aliphatic heterocycles. The molecule has 1 amide bonds. The highest BCUT2D eigenvalue weighted by atomic mass is 19.4. The van der Waals surface area contributed by atoms with Crippen molar-refractivity contribution >= 4 is 23.2 Å². The lowest BCUT2D eigenvalue weighted by Crippen LogP contribution is -2.42. The Morgan fingerprint density at radius 3 is 2.52 bits per heavy atom. The molecule has 3 rings (SSSR count). The van der Waals surface area contributed by atoms with Gasteiger partial charge in [-0.3, -0.25) is 14.6 Å². The molecular weight excluding hydrogens is 449 g/mol. The number of rotatable bonds is 8. The van der Waals surface area contributed by atoms with Crippen LogP contribution < -0.4 is 21.7 Å². The van der Waals surface area contributed by atoms with Crippen molar-refractivity contribution in [1.82, 2.24) is 20.0 Å². The molecule has 13 heteroatoms. The van der Waals surface area contributed by atoms with Gasteiger partial charge in [-0.25, -0.2) is 13.8 Å². The van der Waals surface area contributed by atoms with Crippen molar-refractivity contribution in [3.05, 3.63) is 41.9 Å². The Labute approximate surface area is 185 Å². The van der Waals surface area contributed by atoms with E-state index in [0.29, 0.717) is 31.5 Å². The molecule has 0 unspecified atom stereocenters. The molecule has 1 aliphatic rings. The number of nitrogens with zero attached hydrogens (tertiary/aromatic N) is 2. The van der Waals surface area contributed by atoms with Crippen molar-refractivity contribution in [1.29, 1.82) is 5.41 Å². The third kappa shape index (κ3) is 6.33. The van der Waals surface area contributed by atoms with Crippen LogP contribution in [0, 0.1) is 5.41 Å². The lowest BCUT2D eigenvalue weighted by atomic mass is 9.91. The average Bonchev–Trinajstić information content (AvgIpc) is 3.18. The van der Waals surface area contributed by atoms with E-state index in [1.165, 1.54) is 10.5 Å². The largest absolute Gasteiger partial charge is 0.434 e. The summed E-state index contributed by atoms with van der Waals surface area (Å²) in [5.41, 5.74) is 4.35. The summed E-state index contributed by atoms with van der Waals surface area (Å²) in [6.07, 6.45) is -2.80. The van der Waals surface area contributed by atoms with Gasteiger partial charge in [0.2, 0.25) is 0 Å². The molecule has 0 bridgehead atoms. The number of pyridine rings is 1. The molecule has 6 N–H and O–H groups in total. The van der Waals surface area contributed by atoms with Gasteiger partial charge in [-0.1, -0.05) is 6.07 Å². The van der Waals surface area contributed by atoms with E-state index in [2.05, 4.69) is 20.9 Å². The van der Waals surface area contributed by atoms with Crippen LogP contribution in [-0.4, -0.2) is 46.2 Å². The zero-order valence-electron chi connectivity index (χ0n) is 17.4. The number of amidine groups is 1. The number of anilines is 1. The first-order chi connectivity index (χ1) is 15.5. The van der Waals surface area contributed by atoms with E-state index < -0.39 is 36.6 Å². The van der Waals surface area contributed by atoms with Crippen molar-refractivity contribution in [3.63, 3.8) is 0 Å². The minimum atomic E-state index is -4.54. The molecule has 2 aromatic heterocycles. The molecule has 180 valence electrons. The Balaban J connectivity index is 1.57. The highest BCUT2D eigenvalue weighted by Crippen LogP contribution is 2.30. The number of hydrogen-bond donors (Lipinski definition) is 5. The Morgan fingerprint density at radius 1 is 1.24 bits per heavy atom. The van der Waals surface area contributed by atoms with E-state index in [1.54, 1.807) is 12.1 Å². The summed E-state index contributed by atoms with van der Waals surface area (Å²) >= 11 is 0. The number of nitrogens with one attached hydrogen (secondary N) is 4. The summed E-state index contributed by atoms with van der Waals surface area (Å²) in [5, 5.41) is 15.7. The normalized spacial score (nSPS) is 19.5. The first kappa shape index (κ1) is 24.3. The topological polar surface area (TPSA) is 120 Å². The highest BCUT2D eigenvalue weighted by Gasteiger charge is 2.34. The Morgan fingerprint density at radius 2 is 1.91 bits per heavy atom. The van der Waals surface area contributed by atoms with Crippen LogP contribution in [0.15, 0.2) is 36.2 Å². The highest BCUT2D eigenvalue weighted by molar-refractivity contribution is 6.18. The lowest BCUT2D eigenvalue weighted by Gasteiger charge is -2.30. The van der Waals surface area contributed by atoms with E-state index in [9.17, 15) is 26.7 Å². The molecule has 1 saturated carbocycles. The average molecular weight is 473 g/mol. The van der Waals surface area contributed by atoms with Gasteiger partial charge in [-0.05, 0) is 37.8 Å². The third-order valence-electron chi connectivity index (χ3n) is 5.25. The van der Waals surface area contributed by atoms with Crippen LogP contribution in [0.4, 0.5) is 27.8 Å². The second kappa shape index (κ2) is 10.0. The van der Waals surface area contributed by atoms with Gasteiger partial charge in [-0.15, -0.1) is 0 Å². The van der Waals surface area contributed by atoms with Gasteiger partial charge in [0.25, 0.3) is 12.3 Å². The maximum Gasteiger partial charge on any atom is 0.434 e. The van der Waals surface area contributed by atoms with Gasteiger partial charge in [0.15, 0.2) is 5.69 Å². The van der Waals surface area contributed by atoms with Gasteiger partial charge in [0, 0.05) is 24.5 Å². The predicted molar refractivity (Wildman–Crippen MR) is 112 cm³/mol. The van der Waals surface area contributed by atoms with Crippen molar-refractivity contribution < 1.29 is 26.7 Å². The van der Waals surface area contributed by atoms with Crippen molar-refractivity contribution in [3.8, 4) is 0 Å². The Kier molecular flexibility index (Phi) is 7.39. The zero-order valence-corrected chi connectivity index (χ0v) is 17.4. The number of imidazole rings is 1. The van der Waals surface area contributed by atoms with Gasteiger partial charge >= 0.3 is 6.18 Å². The van der Waals surface area contributed by atoms with E-state index in [1.807, 2.05) is 0 Å². The fourth-order valence-corrected chi connectivity index (χ4v) is 3.64. The van der Waals surface area contributed by atoms with Gasteiger partial charge in [0.05, 0.1) is 12.1 Å². The molecular formula is C20H24F5N7O. The van der Waals surface area contributed by atoms with Gasteiger partial charge in [-0.2, -0.15) is 13.2 Å². The first-order valence-electron chi connectivity index (χ1n) is 10.2. The monoisotopic (exact) mass is 473 g/mol.